The lowest BCUT2D eigenvalue weighted by Crippen LogP contribution is -2.35. The summed E-state index contributed by atoms with van der Waals surface area (Å²) in [5, 5.41) is 2.13. The van der Waals surface area contributed by atoms with Crippen LogP contribution in [0.3, 0.4) is 0 Å². The molecule has 0 unspecified atom stereocenters. The molecule has 1 aliphatic heterocycles. The smallest absolute Gasteiger partial charge is 0.320 e. The molecule has 0 atom stereocenters. The van der Waals surface area contributed by atoms with Crippen LogP contribution in [0.2, 0.25) is 0 Å². The lowest BCUT2D eigenvalue weighted by Gasteiger charge is -2.26. The Kier molecular flexibility index (Phi) is 3.61. The van der Waals surface area contributed by atoms with Crippen LogP contribution in [0.15, 0.2) is 11.4 Å². The van der Waals surface area contributed by atoms with Crippen molar-refractivity contribution in [3.8, 4) is 0 Å². The van der Waals surface area contributed by atoms with E-state index < -0.39 is 0 Å². The number of esters is 1. The minimum absolute atomic E-state index is 0.0194. The van der Waals surface area contributed by atoms with E-state index in [1.54, 1.807) is 0 Å². The maximum atomic E-state index is 11.5. The Labute approximate surface area is 100 Å². The van der Waals surface area contributed by atoms with Crippen molar-refractivity contribution in [2.75, 3.05) is 13.1 Å². The molecule has 0 bridgehead atoms. The fourth-order valence-electron chi connectivity index (χ4n) is 1.92. The van der Waals surface area contributed by atoms with Gasteiger partial charge in [0, 0.05) is 18.0 Å². The highest BCUT2D eigenvalue weighted by molar-refractivity contribution is 7.10. The molecule has 0 aliphatic carbocycles. The maximum absolute atomic E-state index is 11.5. The van der Waals surface area contributed by atoms with E-state index in [2.05, 4.69) is 16.3 Å². The molecule has 0 fully saturated rings. The summed E-state index contributed by atoms with van der Waals surface area (Å²) in [7, 11) is 0. The van der Waals surface area contributed by atoms with Crippen LogP contribution in [0.4, 0.5) is 0 Å². The predicted molar refractivity (Wildman–Crippen MR) is 64.5 cm³/mol. The number of hydrogen-bond acceptors (Lipinski definition) is 4. The zero-order valence-electron chi connectivity index (χ0n) is 9.73. The third-order valence-corrected chi connectivity index (χ3v) is 3.63. The Morgan fingerprint density at radius 3 is 3.19 bits per heavy atom. The summed E-state index contributed by atoms with van der Waals surface area (Å²) in [4.78, 5) is 15.1. The van der Waals surface area contributed by atoms with Gasteiger partial charge in [-0.15, -0.1) is 11.3 Å². The summed E-state index contributed by atoms with van der Waals surface area (Å²) < 4.78 is 5.14. The second kappa shape index (κ2) is 4.97. The SMILES string of the molecule is CC(C)OC(=O)CN1CCc2sccc2C1. The Morgan fingerprint density at radius 1 is 1.62 bits per heavy atom. The van der Waals surface area contributed by atoms with Gasteiger partial charge in [-0.3, -0.25) is 9.69 Å². The van der Waals surface area contributed by atoms with E-state index in [0.29, 0.717) is 6.54 Å². The van der Waals surface area contributed by atoms with Crippen molar-refractivity contribution < 1.29 is 9.53 Å². The highest BCUT2D eigenvalue weighted by Crippen LogP contribution is 2.23. The molecule has 0 N–H and O–H groups in total. The van der Waals surface area contributed by atoms with Crippen molar-refractivity contribution in [3.63, 3.8) is 0 Å². The number of hydrogen-bond donors (Lipinski definition) is 0. The Bertz CT molecular complexity index is 373. The average Bonchev–Trinajstić information content (AvgIpc) is 2.63. The van der Waals surface area contributed by atoms with Crippen molar-refractivity contribution in [2.45, 2.75) is 32.9 Å². The van der Waals surface area contributed by atoms with Crippen molar-refractivity contribution in [1.82, 2.24) is 4.90 Å². The molecule has 2 rings (SSSR count). The number of carbonyl (C=O) groups excluding carboxylic acids is 1. The predicted octanol–water partition coefficient (Wildman–Crippen LogP) is 2.06. The summed E-state index contributed by atoms with van der Waals surface area (Å²) in [6.07, 6.45) is 1.04. The van der Waals surface area contributed by atoms with Gasteiger partial charge in [0.25, 0.3) is 0 Å². The molecule has 0 spiro atoms. The first-order valence-electron chi connectivity index (χ1n) is 5.62. The van der Waals surface area contributed by atoms with Crippen LogP contribution in [0, 0.1) is 0 Å². The quantitative estimate of drug-likeness (QED) is 0.756. The highest BCUT2D eigenvalue weighted by atomic mass is 32.1. The fraction of sp³-hybridized carbons (Fsp3) is 0.583. The summed E-state index contributed by atoms with van der Waals surface area (Å²) >= 11 is 1.81. The van der Waals surface area contributed by atoms with Gasteiger partial charge in [0.1, 0.15) is 0 Å². The van der Waals surface area contributed by atoms with Gasteiger partial charge in [-0.25, -0.2) is 0 Å². The number of rotatable bonds is 3. The molecule has 1 aromatic heterocycles. The normalized spacial score (nSPS) is 16.2. The van der Waals surface area contributed by atoms with Gasteiger partial charge in [-0.2, -0.15) is 0 Å². The van der Waals surface area contributed by atoms with Crippen LogP contribution in [0.5, 0.6) is 0 Å². The lowest BCUT2D eigenvalue weighted by molar-refractivity contribution is -0.148. The van der Waals surface area contributed by atoms with E-state index in [4.69, 9.17) is 4.74 Å². The maximum Gasteiger partial charge on any atom is 0.320 e. The molecule has 0 aromatic carbocycles. The zero-order valence-corrected chi connectivity index (χ0v) is 10.5. The van der Waals surface area contributed by atoms with Crippen LogP contribution >= 0.6 is 11.3 Å². The van der Waals surface area contributed by atoms with Gasteiger partial charge in [0.05, 0.1) is 12.6 Å². The Balaban J connectivity index is 1.87. The number of thiophene rings is 1. The molecule has 1 aromatic rings. The Hall–Kier alpha value is -0.870. The van der Waals surface area contributed by atoms with Crippen LogP contribution in [0.1, 0.15) is 24.3 Å². The second-order valence-corrected chi connectivity index (χ2v) is 5.37. The van der Waals surface area contributed by atoms with Crippen LogP contribution < -0.4 is 0 Å². The summed E-state index contributed by atoms with van der Waals surface area (Å²) in [5.41, 5.74) is 1.37. The van der Waals surface area contributed by atoms with Gasteiger partial charge in [-0.05, 0) is 37.3 Å². The van der Waals surface area contributed by atoms with Crippen molar-refractivity contribution in [3.05, 3.63) is 21.9 Å². The molecule has 0 amide bonds. The molecule has 2 heterocycles. The average molecular weight is 239 g/mol. The topological polar surface area (TPSA) is 29.5 Å². The molecule has 16 heavy (non-hydrogen) atoms. The third kappa shape index (κ3) is 2.83. The van der Waals surface area contributed by atoms with E-state index in [-0.39, 0.29) is 12.1 Å². The van der Waals surface area contributed by atoms with E-state index in [1.807, 2.05) is 25.2 Å². The zero-order chi connectivity index (χ0) is 11.5. The molecule has 0 radical (unpaired) electrons. The molecular weight excluding hydrogens is 222 g/mol. The summed E-state index contributed by atoms with van der Waals surface area (Å²) in [5.74, 6) is -0.117. The molecule has 0 saturated carbocycles. The van der Waals surface area contributed by atoms with Crippen LogP contribution in [-0.2, 0) is 22.5 Å². The molecule has 1 aliphatic rings. The van der Waals surface area contributed by atoms with E-state index in [0.717, 1.165) is 19.5 Å². The first kappa shape index (κ1) is 11.6. The first-order valence-corrected chi connectivity index (χ1v) is 6.50. The minimum atomic E-state index is -0.117. The van der Waals surface area contributed by atoms with Crippen LogP contribution in [-0.4, -0.2) is 30.1 Å². The lowest BCUT2D eigenvalue weighted by atomic mass is 10.1. The standard InChI is InChI=1S/C12H17NO2S/c1-9(2)15-12(14)8-13-5-3-11-10(7-13)4-6-16-11/h4,6,9H,3,5,7-8H2,1-2H3. The van der Waals surface area contributed by atoms with E-state index in [9.17, 15) is 4.79 Å². The summed E-state index contributed by atoms with van der Waals surface area (Å²) in [6.45, 7) is 6.01. The fourth-order valence-corrected chi connectivity index (χ4v) is 2.81. The number of nitrogens with zero attached hydrogens (tertiary/aromatic N) is 1. The van der Waals surface area contributed by atoms with Gasteiger partial charge < -0.3 is 4.74 Å². The molecular formula is C12H17NO2S. The van der Waals surface area contributed by atoms with Gasteiger partial charge in [0.15, 0.2) is 0 Å². The Morgan fingerprint density at radius 2 is 2.44 bits per heavy atom. The molecule has 0 saturated heterocycles. The van der Waals surface area contributed by atoms with Crippen molar-refractivity contribution >= 4 is 17.3 Å². The van der Waals surface area contributed by atoms with Crippen molar-refractivity contribution in [2.24, 2.45) is 0 Å². The van der Waals surface area contributed by atoms with E-state index >= 15 is 0 Å². The first-order chi connectivity index (χ1) is 7.65. The summed E-state index contributed by atoms with van der Waals surface area (Å²) in [6, 6.07) is 2.15. The molecule has 88 valence electrons. The third-order valence-electron chi connectivity index (χ3n) is 2.61. The minimum Gasteiger partial charge on any atom is -0.462 e. The number of ether oxygens (including phenoxy) is 1. The second-order valence-electron chi connectivity index (χ2n) is 4.37. The monoisotopic (exact) mass is 239 g/mol. The van der Waals surface area contributed by atoms with E-state index in [1.165, 1.54) is 10.4 Å². The van der Waals surface area contributed by atoms with Gasteiger partial charge in [0.2, 0.25) is 0 Å². The number of fused-ring (bicyclic) bond motifs is 1. The molecule has 3 nitrogen and oxygen atoms in total. The van der Waals surface area contributed by atoms with Gasteiger partial charge >= 0.3 is 5.97 Å². The van der Waals surface area contributed by atoms with Crippen molar-refractivity contribution in [1.29, 1.82) is 0 Å². The van der Waals surface area contributed by atoms with Crippen LogP contribution in [0.25, 0.3) is 0 Å². The highest BCUT2D eigenvalue weighted by Gasteiger charge is 2.19. The largest absolute Gasteiger partial charge is 0.462 e. The van der Waals surface area contributed by atoms with Gasteiger partial charge in [-0.1, -0.05) is 0 Å². The number of carbonyl (C=O) groups is 1. The molecule has 4 heteroatoms.